The van der Waals surface area contributed by atoms with Crippen molar-refractivity contribution >= 4 is 41.4 Å². The summed E-state index contributed by atoms with van der Waals surface area (Å²) in [6.45, 7) is -0.0680. The molecule has 1 saturated carbocycles. The number of aliphatic carboxylic acids is 2. The summed E-state index contributed by atoms with van der Waals surface area (Å²) in [5.74, 6) is -4.80. The summed E-state index contributed by atoms with van der Waals surface area (Å²) in [7, 11) is 0. The molecule has 4 rings (SSSR count). The van der Waals surface area contributed by atoms with Crippen molar-refractivity contribution < 1.29 is 39.0 Å². The molecular weight excluding hydrogens is 566 g/mol. The zero-order chi connectivity index (χ0) is 30.9. The molecule has 0 saturated heterocycles. The predicted molar refractivity (Wildman–Crippen MR) is 145 cm³/mol. The third-order valence-electron chi connectivity index (χ3n) is 7.47. The van der Waals surface area contributed by atoms with Crippen molar-refractivity contribution in [3.63, 3.8) is 0 Å². The Morgan fingerprint density at radius 1 is 1.02 bits per heavy atom. The first-order valence-corrected chi connectivity index (χ1v) is 13.9. The number of hydrogen-bond donors (Lipinski definition) is 6. The van der Waals surface area contributed by atoms with Gasteiger partial charge in [-0.25, -0.2) is 4.98 Å². The lowest BCUT2D eigenvalue weighted by molar-refractivity contribution is -0.140. The van der Waals surface area contributed by atoms with Gasteiger partial charge in [-0.05, 0) is 36.8 Å². The number of carboxylic acid groups (broad SMARTS) is 2. The number of hydrogen-bond acceptors (Lipinski definition) is 10. The Kier molecular flexibility index (Phi) is 10.3. The average Bonchev–Trinajstić information content (AvgIpc) is 3.76. The van der Waals surface area contributed by atoms with Crippen LogP contribution in [0.25, 0.3) is 0 Å². The molecule has 0 radical (unpaired) electrons. The number of aromatic nitrogens is 5. The Labute approximate surface area is 245 Å². The Morgan fingerprint density at radius 3 is 2.44 bits per heavy atom. The van der Waals surface area contributed by atoms with Crippen LogP contribution in [0.2, 0.25) is 0 Å². The van der Waals surface area contributed by atoms with Gasteiger partial charge in [-0.15, -0.1) is 10.2 Å². The summed E-state index contributed by atoms with van der Waals surface area (Å²) in [6, 6.07) is -0.118. The lowest BCUT2D eigenvalue weighted by Gasteiger charge is -2.30. The van der Waals surface area contributed by atoms with Gasteiger partial charge in [0.1, 0.15) is 23.9 Å². The number of carbonyl (C=O) groups excluding carboxylic acids is 4. The second-order valence-corrected chi connectivity index (χ2v) is 10.4. The molecule has 230 valence electrons. The van der Waals surface area contributed by atoms with Crippen molar-refractivity contribution in [2.75, 3.05) is 4.90 Å². The maximum absolute atomic E-state index is 14.1. The van der Waals surface area contributed by atoms with Gasteiger partial charge >= 0.3 is 11.9 Å². The number of fused-ring (bicyclic) bond motifs is 1. The number of H-pyrrole nitrogens is 1. The Balaban J connectivity index is 1.56. The molecule has 1 aliphatic heterocycles. The van der Waals surface area contributed by atoms with Crippen molar-refractivity contribution in [1.82, 2.24) is 41.6 Å². The monoisotopic (exact) mass is 599 g/mol. The van der Waals surface area contributed by atoms with E-state index in [0.29, 0.717) is 18.4 Å². The molecule has 6 N–H and O–H groups in total. The highest BCUT2D eigenvalue weighted by molar-refractivity contribution is 6.06. The zero-order valence-corrected chi connectivity index (χ0v) is 23.2. The van der Waals surface area contributed by atoms with E-state index < -0.39 is 66.5 Å². The molecule has 0 aromatic carbocycles. The minimum atomic E-state index is -1.37. The number of aromatic amines is 1. The lowest BCUT2D eigenvalue weighted by atomic mass is 9.96. The molecular formula is C26H33N9O8. The van der Waals surface area contributed by atoms with Gasteiger partial charge in [0.15, 0.2) is 5.82 Å². The Bertz CT molecular complexity index is 1350. The van der Waals surface area contributed by atoms with E-state index in [1.54, 1.807) is 12.1 Å². The van der Waals surface area contributed by atoms with Crippen LogP contribution >= 0.6 is 0 Å². The van der Waals surface area contributed by atoms with Gasteiger partial charge < -0.3 is 26.2 Å². The Morgan fingerprint density at radius 2 is 1.77 bits per heavy atom. The van der Waals surface area contributed by atoms with E-state index in [1.165, 1.54) is 6.20 Å². The van der Waals surface area contributed by atoms with Gasteiger partial charge in [0.2, 0.25) is 17.7 Å². The quantitative estimate of drug-likeness (QED) is 0.154. The predicted octanol–water partition coefficient (Wildman–Crippen LogP) is -0.942. The smallest absolute Gasteiger partial charge is 0.303 e. The third-order valence-corrected chi connectivity index (χ3v) is 7.47. The van der Waals surface area contributed by atoms with Crippen molar-refractivity contribution in [2.45, 2.75) is 82.5 Å². The van der Waals surface area contributed by atoms with Crippen LogP contribution in [0.15, 0.2) is 18.3 Å². The van der Waals surface area contributed by atoms with E-state index >= 15 is 0 Å². The molecule has 1 fully saturated rings. The maximum Gasteiger partial charge on any atom is 0.303 e. The van der Waals surface area contributed by atoms with Crippen molar-refractivity contribution in [2.24, 2.45) is 5.92 Å². The van der Waals surface area contributed by atoms with Gasteiger partial charge in [-0.2, -0.15) is 5.21 Å². The van der Waals surface area contributed by atoms with Crippen molar-refractivity contribution in [1.29, 1.82) is 0 Å². The minimum Gasteiger partial charge on any atom is -0.481 e. The number of carboxylic acids is 2. The summed E-state index contributed by atoms with van der Waals surface area (Å²) >= 11 is 0. The second kappa shape index (κ2) is 14.3. The number of nitrogens with one attached hydrogen (secondary N) is 4. The molecule has 0 unspecified atom stereocenters. The molecule has 0 spiro atoms. The minimum absolute atomic E-state index is 0.0680. The van der Waals surface area contributed by atoms with Crippen molar-refractivity contribution in [3.8, 4) is 0 Å². The van der Waals surface area contributed by atoms with Crippen LogP contribution in [0.1, 0.15) is 62.8 Å². The summed E-state index contributed by atoms with van der Waals surface area (Å²) in [5, 5.41) is 39.5. The Hall–Kier alpha value is -4.96. The molecule has 3 heterocycles. The van der Waals surface area contributed by atoms with E-state index in [9.17, 15) is 33.9 Å². The molecule has 3 atom stereocenters. The van der Waals surface area contributed by atoms with Crippen LogP contribution in [0.4, 0.5) is 5.82 Å². The molecule has 2 aliphatic rings. The first kappa shape index (κ1) is 31.0. The van der Waals surface area contributed by atoms with E-state index in [-0.39, 0.29) is 43.4 Å². The van der Waals surface area contributed by atoms with Crippen LogP contribution in [0.5, 0.6) is 0 Å². The van der Waals surface area contributed by atoms with Crippen LogP contribution < -0.4 is 20.9 Å². The number of nitrogens with zero attached hydrogens (tertiary/aromatic N) is 5. The summed E-state index contributed by atoms with van der Waals surface area (Å²) < 4.78 is 0. The molecule has 2 aromatic rings. The fourth-order valence-electron chi connectivity index (χ4n) is 5.37. The van der Waals surface area contributed by atoms with E-state index in [2.05, 4.69) is 41.6 Å². The van der Waals surface area contributed by atoms with Crippen molar-refractivity contribution in [3.05, 3.63) is 29.7 Å². The molecule has 0 bridgehead atoms. The molecule has 43 heavy (non-hydrogen) atoms. The average molecular weight is 600 g/mol. The van der Waals surface area contributed by atoms with Crippen LogP contribution in [0.3, 0.4) is 0 Å². The zero-order valence-electron chi connectivity index (χ0n) is 23.2. The third kappa shape index (κ3) is 8.08. The second-order valence-electron chi connectivity index (χ2n) is 10.4. The number of amides is 4. The van der Waals surface area contributed by atoms with Gasteiger partial charge in [0.25, 0.3) is 5.91 Å². The van der Waals surface area contributed by atoms with Gasteiger partial charge in [0, 0.05) is 25.5 Å². The number of rotatable bonds is 14. The SMILES string of the molecule is O=C(O)CCC(=O)N[C@H](C(=O)N[C@@H](CCC(=O)O)C(=O)N1c2ncccc2C[C@H]1C(=O)NCc1nn[nH]n1)C1CCCC1. The fraction of sp³-hybridized carbons (Fsp3) is 0.538. The summed E-state index contributed by atoms with van der Waals surface area (Å²) in [6.07, 6.45) is 3.01. The highest BCUT2D eigenvalue weighted by Crippen LogP contribution is 2.32. The lowest BCUT2D eigenvalue weighted by Crippen LogP contribution is -2.58. The topological polar surface area (TPSA) is 250 Å². The number of tetrazole rings is 1. The first-order chi connectivity index (χ1) is 20.6. The molecule has 2 aromatic heterocycles. The van der Waals surface area contributed by atoms with Gasteiger partial charge in [0.05, 0.1) is 13.0 Å². The van der Waals surface area contributed by atoms with E-state index in [0.717, 1.165) is 17.7 Å². The molecule has 4 amide bonds. The van der Waals surface area contributed by atoms with Crippen LogP contribution in [-0.2, 0) is 41.7 Å². The van der Waals surface area contributed by atoms with Crippen LogP contribution in [0, 0.1) is 5.92 Å². The van der Waals surface area contributed by atoms with E-state index in [4.69, 9.17) is 5.11 Å². The normalized spacial score (nSPS) is 17.5. The van der Waals surface area contributed by atoms with E-state index in [1.807, 2.05) is 0 Å². The van der Waals surface area contributed by atoms with Crippen LogP contribution in [-0.4, -0.2) is 89.5 Å². The maximum atomic E-state index is 14.1. The molecule has 17 nitrogen and oxygen atoms in total. The molecule has 17 heteroatoms. The van der Waals surface area contributed by atoms with Gasteiger partial charge in [-0.1, -0.05) is 24.1 Å². The fourth-order valence-corrected chi connectivity index (χ4v) is 5.37. The number of carbonyl (C=O) groups is 6. The number of anilines is 1. The summed E-state index contributed by atoms with van der Waals surface area (Å²) in [4.78, 5) is 81.2. The highest BCUT2D eigenvalue weighted by atomic mass is 16.4. The molecule has 1 aliphatic carbocycles. The highest BCUT2D eigenvalue weighted by Gasteiger charge is 2.43. The van der Waals surface area contributed by atoms with Gasteiger partial charge in [-0.3, -0.25) is 33.7 Å². The largest absolute Gasteiger partial charge is 0.481 e. The first-order valence-electron chi connectivity index (χ1n) is 13.9. The standard InChI is InChI=1S/C26H33N9O8/c36-19(8-10-21(39)40)30-22(14-4-1-2-5-14)25(42)29-16(7-9-20(37)38)26(43)35-17(12-15-6-3-11-27-23(15)35)24(41)28-13-18-31-33-34-32-18/h3,6,11,14,16-17,22H,1-2,4-5,7-10,12-13H2,(H,28,41)(H,29,42)(H,30,36)(H,37,38)(H,39,40)(H,31,32,33,34)/t16-,17-,22-/m0/s1. The summed E-state index contributed by atoms with van der Waals surface area (Å²) in [5.41, 5.74) is 0.605. The number of pyridine rings is 1.